The Bertz CT molecular complexity index is 810. The SMILES string of the molecule is COCCNc1ccc([N+](=O)[O-])cc1C(=O)OCC(=O)Nc1ccccc1. The smallest absolute Gasteiger partial charge is 0.341 e. The molecule has 0 fully saturated rings. The van der Waals surface area contributed by atoms with Crippen molar-refractivity contribution in [1.29, 1.82) is 0 Å². The summed E-state index contributed by atoms with van der Waals surface area (Å²) >= 11 is 0. The van der Waals surface area contributed by atoms with Gasteiger partial charge in [-0.25, -0.2) is 4.79 Å². The summed E-state index contributed by atoms with van der Waals surface area (Å²) in [6.45, 7) is 0.252. The Labute approximate surface area is 155 Å². The molecule has 2 aromatic carbocycles. The molecule has 0 saturated heterocycles. The van der Waals surface area contributed by atoms with E-state index in [1.165, 1.54) is 19.2 Å². The molecule has 0 saturated carbocycles. The van der Waals surface area contributed by atoms with Crippen LogP contribution in [0.5, 0.6) is 0 Å². The topological polar surface area (TPSA) is 120 Å². The van der Waals surface area contributed by atoms with Crippen molar-refractivity contribution in [3.63, 3.8) is 0 Å². The molecule has 0 aliphatic rings. The summed E-state index contributed by atoms with van der Waals surface area (Å²) in [7, 11) is 1.53. The Kier molecular flexibility index (Phi) is 7.26. The molecule has 27 heavy (non-hydrogen) atoms. The highest BCUT2D eigenvalue weighted by molar-refractivity contribution is 5.99. The number of rotatable bonds is 9. The molecule has 0 aliphatic heterocycles. The first-order valence-corrected chi connectivity index (χ1v) is 8.04. The molecule has 0 unspecified atom stereocenters. The van der Waals surface area contributed by atoms with Crippen LogP contribution in [0.3, 0.4) is 0 Å². The van der Waals surface area contributed by atoms with Crippen LogP contribution < -0.4 is 10.6 Å². The van der Waals surface area contributed by atoms with Crippen molar-refractivity contribution in [3.8, 4) is 0 Å². The number of nitrogens with zero attached hydrogens (tertiary/aromatic N) is 1. The molecule has 0 bridgehead atoms. The monoisotopic (exact) mass is 373 g/mol. The third-order valence-corrected chi connectivity index (χ3v) is 3.45. The maximum atomic E-state index is 12.3. The predicted molar refractivity (Wildman–Crippen MR) is 98.8 cm³/mol. The van der Waals surface area contributed by atoms with E-state index < -0.39 is 23.4 Å². The highest BCUT2D eigenvalue weighted by atomic mass is 16.6. The van der Waals surface area contributed by atoms with Crippen molar-refractivity contribution in [2.75, 3.05) is 37.5 Å². The van der Waals surface area contributed by atoms with Gasteiger partial charge in [0.1, 0.15) is 0 Å². The second-order valence-corrected chi connectivity index (χ2v) is 5.40. The molecule has 142 valence electrons. The fraction of sp³-hybridized carbons (Fsp3) is 0.222. The van der Waals surface area contributed by atoms with E-state index in [-0.39, 0.29) is 11.3 Å². The van der Waals surface area contributed by atoms with Crippen LogP contribution in [0, 0.1) is 10.1 Å². The number of para-hydroxylation sites is 1. The van der Waals surface area contributed by atoms with E-state index in [0.29, 0.717) is 24.5 Å². The molecule has 2 rings (SSSR count). The number of nitro groups is 1. The van der Waals surface area contributed by atoms with Gasteiger partial charge in [-0.05, 0) is 18.2 Å². The minimum Gasteiger partial charge on any atom is -0.452 e. The number of nitrogens with one attached hydrogen (secondary N) is 2. The summed E-state index contributed by atoms with van der Waals surface area (Å²) in [5, 5.41) is 16.5. The highest BCUT2D eigenvalue weighted by Gasteiger charge is 2.19. The number of nitro benzene ring substituents is 1. The summed E-state index contributed by atoms with van der Waals surface area (Å²) in [4.78, 5) is 34.6. The van der Waals surface area contributed by atoms with Crippen molar-refractivity contribution in [1.82, 2.24) is 0 Å². The van der Waals surface area contributed by atoms with Crippen LogP contribution in [-0.2, 0) is 14.3 Å². The number of methoxy groups -OCH3 is 1. The number of hydrogen-bond acceptors (Lipinski definition) is 7. The Morgan fingerprint density at radius 1 is 1.15 bits per heavy atom. The molecule has 0 aliphatic carbocycles. The van der Waals surface area contributed by atoms with Crippen molar-refractivity contribution in [2.45, 2.75) is 0 Å². The van der Waals surface area contributed by atoms with Gasteiger partial charge in [-0.15, -0.1) is 0 Å². The van der Waals surface area contributed by atoms with E-state index in [2.05, 4.69) is 10.6 Å². The second-order valence-electron chi connectivity index (χ2n) is 5.40. The van der Waals surface area contributed by atoms with Gasteiger partial charge in [-0.2, -0.15) is 0 Å². The van der Waals surface area contributed by atoms with E-state index in [0.717, 1.165) is 6.07 Å². The Balaban J connectivity index is 2.05. The average molecular weight is 373 g/mol. The summed E-state index contributed by atoms with van der Waals surface area (Å²) in [5.41, 5.74) is 0.628. The minimum atomic E-state index is -0.846. The predicted octanol–water partition coefficient (Wildman–Crippen LogP) is 2.45. The Morgan fingerprint density at radius 2 is 1.89 bits per heavy atom. The van der Waals surface area contributed by atoms with E-state index in [1.54, 1.807) is 30.3 Å². The Morgan fingerprint density at radius 3 is 2.56 bits per heavy atom. The first-order chi connectivity index (χ1) is 13.0. The van der Waals surface area contributed by atoms with Crippen molar-refractivity contribution in [3.05, 3.63) is 64.2 Å². The van der Waals surface area contributed by atoms with Gasteiger partial charge in [0, 0.05) is 37.2 Å². The first-order valence-electron chi connectivity index (χ1n) is 8.04. The molecular weight excluding hydrogens is 354 g/mol. The Hall–Kier alpha value is -3.46. The molecule has 2 aromatic rings. The normalized spacial score (nSPS) is 10.1. The lowest BCUT2D eigenvalue weighted by molar-refractivity contribution is -0.384. The molecule has 0 spiro atoms. The van der Waals surface area contributed by atoms with Gasteiger partial charge in [-0.3, -0.25) is 14.9 Å². The third kappa shape index (κ3) is 6.08. The molecule has 2 N–H and O–H groups in total. The molecule has 1 amide bonds. The average Bonchev–Trinajstić information content (AvgIpc) is 2.67. The molecule has 9 nitrogen and oxygen atoms in total. The first kappa shape index (κ1) is 19.9. The van der Waals surface area contributed by atoms with Crippen LogP contribution >= 0.6 is 0 Å². The number of carbonyl (C=O) groups excluding carboxylic acids is 2. The summed E-state index contributed by atoms with van der Waals surface area (Å²) < 4.78 is 9.92. The molecule has 9 heteroatoms. The maximum Gasteiger partial charge on any atom is 0.341 e. The summed E-state index contributed by atoms with van der Waals surface area (Å²) in [6, 6.07) is 12.5. The quantitative estimate of drug-likeness (QED) is 0.300. The zero-order valence-corrected chi connectivity index (χ0v) is 14.6. The van der Waals surface area contributed by atoms with Gasteiger partial charge in [0.25, 0.3) is 11.6 Å². The third-order valence-electron chi connectivity index (χ3n) is 3.45. The second kappa shape index (κ2) is 9.88. The largest absolute Gasteiger partial charge is 0.452 e. The maximum absolute atomic E-state index is 12.3. The summed E-state index contributed by atoms with van der Waals surface area (Å²) in [5.74, 6) is -1.37. The number of amides is 1. The van der Waals surface area contributed by atoms with Crippen LogP contribution in [0.25, 0.3) is 0 Å². The van der Waals surface area contributed by atoms with Crippen LogP contribution in [0.2, 0.25) is 0 Å². The van der Waals surface area contributed by atoms with Crippen molar-refractivity contribution < 1.29 is 24.0 Å². The number of ether oxygens (including phenoxy) is 2. The summed E-state index contributed by atoms with van der Waals surface area (Å²) in [6.07, 6.45) is 0. The highest BCUT2D eigenvalue weighted by Crippen LogP contribution is 2.23. The van der Waals surface area contributed by atoms with Gasteiger partial charge in [0.2, 0.25) is 0 Å². The number of benzene rings is 2. The van der Waals surface area contributed by atoms with Gasteiger partial charge in [0.15, 0.2) is 6.61 Å². The molecule has 0 heterocycles. The van der Waals surface area contributed by atoms with Gasteiger partial charge in [0.05, 0.1) is 17.1 Å². The number of non-ortho nitro benzene ring substituents is 1. The number of hydrogen-bond donors (Lipinski definition) is 2. The van der Waals surface area contributed by atoms with Crippen molar-refractivity contribution >= 4 is 28.9 Å². The number of anilines is 2. The van der Waals surface area contributed by atoms with Crippen LogP contribution in [0.15, 0.2) is 48.5 Å². The van der Waals surface area contributed by atoms with E-state index in [4.69, 9.17) is 9.47 Å². The van der Waals surface area contributed by atoms with E-state index in [9.17, 15) is 19.7 Å². The number of carbonyl (C=O) groups is 2. The standard InChI is InChI=1S/C18H19N3O6/c1-26-10-9-19-16-8-7-14(21(24)25)11-15(16)18(23)27-12-17(22)20-13-5-3-2-4-6-13/h2-8,11,19H,9-10,12H2,1H3,(H,20,22). The molecule has 0 radical (unpaired) electrons. The fourth-order valence-electron chi connectivity index (χ4n) is 2.18. The molecule has 0 atom stereocenters. The lowest BCUT2D eigenvalue weighted by atomic mass is 10.1. The van der Waals surface area contributed by atoms with E-state index >= 15 is 0 Å². The van der Waals surface area contributed by atoms with Crippen LogP contribution in [0.4, 0.5) is 17.1 Å². The number of esters is 1. The lowest BCUT2D eigenvalue weighted by Gasteiger charge is -2.12. The van der Waals surface area contributed by atoms with Crippen LogP contribution in [-0.4, -0.2) is 43.7 Å². The zero-order chi connectivity index (χ0) is 19.6. The van der Waals surface area contributed by atoms with Crippen molar-refractivity contribution in [2.24, 2.45) is 0 Å². The van der Waals surface area contributed by atoms with E-state index in [1.807, 2.05) is 0 Å². The van der Waals surface area contributed by atoms with Crippen LogP contribution in [0.1, 0.15) is 10.4 Å². The molecular formula is C18H19N3O6. The molecule has 0 aromatic heterocycles. The van der Waals surface area contributed by atoms with Gasteiger partial charge in [-0.1, -0.05) is 18.2 Å². The van der Waals surface area contributed by atoms with Gasteiger partial charge >= 0.3 is 5.97 Å². The van der Waals surface area contributed by atoms with Gasteiger partial charge < -0.3 is 20.1 Å². The minimum absolute atomic E-state index is 0.0344. The zero-order valence-electron chi connectivity index (χ0n) is 14.6. The lowest BCUT2D eigenvalue weighted by Crippen LogP contribution is -2.21. The fourth-order valence-corrected chi connectivity index (χ4v) is 2.18.